The van der Waals surface area contributed by atoms with Gasteiger partial charge in [0.1, 0.15) is 0 Å². The van der Waals surface area contributed by atoms with Gasteiger partial charge >= 0.3 is 17.9 Å². The maximum atomic E-state index is 10.5. The van der Waals surface area contributed by atoms with Crippen LogP contribution in [0.3, 0.4) is 0 Å². The van der Waals surface area contributed by atoms with Gasteiger partial charge in [0.2, 0.25) is 0 Å². The first-order chi connectivity index (χ1) is 33.4. The molecule has 0 radical (unpaired) electrons. The molecule has 3 rings (SSSR count). The van der Waals surface area contributed by atoms with E-state index in [0.717, 1.165) is 117 Å². The van der Waals surface area contributed by atoms with Gasteiger partial charge in [-0.15, -0.1) is 0 Å². The quantitative estimate of drug-likeness (QED) is 0.0325. The second-order valence-corrected chi connectivity index (χ2v) is 17.3. The summed E-state index contributed by atoms with van der Waals surface area (Å²) in [6, 6.07) is 24.2. The van der Waals surface area contributed by atoms with E-state index in [2.05, 4.69) is 26.8 Å². The van der Waals surface area contributed by atoms with Crippen molar-refractivity contribution in [2.45, 2.75) is 174 Å². The Balaban J connectivity index is 0.000000517. The lowest BCUT2D eigenvalue weighted by Crippen LogP contribution is -2.01. The summed E-state index contributed by atoms with van der Waals surface area (Å²) < 4.78 is 0. The number of carboxylic acids is 3. The van der Waals surface area contributed by atoms with Gasteiger partial charge < -0.3 is 30.6 Å². The van der Waals surface area contributed by atoms with Crippen molar-refractivity contribution >= 4 is 54.4 Å². The average molecular weight is 949 g/mol. The predicted octanol–water partition coefficient (Wildman–Crippen LogP) is 14.7. The summed E-state index contributed by atoms with van der Waals surface area (Å²) in [5, 5.41) is 55.5. The molecule has 0 aliphatic carbocycles. The first kappa shape index (κ1) is 61.4. The number of rotatable bonds is 33. The first-order valence-electron chi connectivity index (χ1n) is 25.4. The van der Waals surface area contributed by atoms with E-state index in [9.17, 15) is 29.7 Å². The zero-order chi connectivity index (χ0) is 50.7. The van der Waals surface area contributed by atoms with Crippen molar-refractivity contribution in [2.24, 2.45) is 0 Å². The SMILES string of the molecule is CCCCCC(O)/C=C/c1ccc(/C=C\CCCC(=O)O)cc1.CCCCCC(O)/C=C/c1cccc(/C=C\CCCC(=O)O)c1.CCCCCC(O)/C=C/c1ccccc1/C=C\CCCC(=O)O. The van der Waals surface area contributed by atoms with Crippen LogP contribution in [0.15, 0.2) is 109 Å². The van der Waals surface area contributed by atoms with Crippen LogP contribution in [0.1, 0.15) is 189 Å². The van der Waals surface area contributed by atoms with Crippen LogP contribution in [0.5, 0.6) is 0 Å². The second-order valence-electron chi connectivity index (χ2n) is 17.3. The molecule has 0 bridgehead atoms. The molecule has 0 spiro atoms. The summed E-state index contributed by atoms with van der Waals surface area (Å²) in [5.41, 5.74) is 6.47. The molecule has 3 atom stereocenters. The van der Waals surface area contributed by atoms with Crippen LogP contribution in [0.4, 0.5) is 0 Å². The van der Waals surface area contributed by atoms with Gasteiger partial charge in [-0.25, -0.2) is 0 Å². The second kappa shape index (κ2) is 41.4. The van der Waals surface area contributed by atoms with E-state index in [1.807, 2.05) is 140 Å². The van der Waals surface area contributed by atoms with Crippen molar-refractivity contribution in [1.29, 1.82) is 0 Å². The molecule has 3 aromatic rings. The van der Waals surface area contributed by atoms with Crippen molar-refractivity contribution in [3.05, 3.63) is 143 Å². The molecule has 378 valence electrons. The number of hydrogen-bond donors (Lipinski definition) is 6. The molecule has 0 aliphatic heterocycles. The highest BCUT2D eigenvalue weighted by molar-refractivity contribution is 5.68. The number of unbranched alkanes of at least 4 members (excludes halogenated alkanes) is 9. The number of carboxylic acid groups (broad SMARTS) is 3. The molecule has 0 heterocycles. The Kier molecular flexibility index (Phi) is 36.8. The normalized spacial score (nSPS) is 13.0. The highest BCUT2D eigenvalue weighted by atomic mass is 16.4. The Bertz CT molecular complexity index is 1990. The van der Waals surface area contributed by atoms with Crippen molar-refractivity contribution in [3.63, 3.8) is 0 Å². The van der Waals surface area contributed by atoms with Crippen LogP contribution < -0.4 is 0 Å². The predicted molar refractivity (Wildman–Crippen MR) is 288 cm³/mol. The van der Waals surface area contributed by atoms with E-state index < -0.39 is 24.0 Å². The molecule has 0 saturated carbocycles. The minimum absolute atomic E-state index is 0.204. The molecule has 0 fully saturated rings. The number of benzene rings is 3. The summed E-state index contributed by atoms with van der Waals surface area (Å²) in [5.74, 6) is -2.24. The van der Waals surface area contributed by atoms with Crippen LogP contribution in [0.25, 0.3) is 36.5 Å². The minimum Gasteiger partial charge on any atom is -0.481 e. The van der Waals surface area contributed by atoms with Crippen LogP contribution >= 0.6 is 0 Å². The Hall–Kier alpha value is -5.61. The molecule has 0 aliphatic rings. The topological polar surface area (TPSA) is 173 Å². The van der Waals surface area contributed by atoms with Crippen molar-refractivity contribution in [2.75, 3.05) is 0 Å². The summed E-state index contributed by atoms with van der Waals surface area (Å²) in [7, 11) is 0. The highest BCUT2D eigenvalue weighted by Crippen LogP contribution is 2.17. The van der Waals surface area contributed by atoms with Crippen LogP contribution in [0, 0.1) is 0 Å². The molecular formula is C60H84O9. The van der Waals surface area contributed by atoms with Crippen LogP contribution in [0.2, 0.25) is 0 Å². The van der Waals surface area contributed by atoms with Gasteiger partial charge in [-0.1, -0.05) is 218 Å². The maximum Gasteiger partial charge on any atom is 0.303 e. The third-order valence-corrected chi connectivity index (χ3v) is 10.9. The molecule has 9 heteroatoms. The van der Waals surface area contributed by atoms with E-state index in [4.69, 9.17) is 15.3 Å². The van der Waals surface area contributed by atoms with E-state index >= 15 is 0 Å². The minimum atomic E-state index is -0.751. The standard InChI is InChI=1S/3C20H28O3/c1-2-3-5-13-19(21)16-15-18-12-9-8-11-17(18)10-6-4-7-14-20(22)23;1-2-3-5-12-19(21)15-14-18-11-8-10-17(16-18)9-6-4-7-13-20(22)23;1-2-3-5-9-19(21)16-15-18-13-11-17(12-14-18)8-6-4-7-10-20(22)23/h6,8-12,15-16,19,21H,2-5,7,13-14H2,1H3,(H,22,23);6,8-11,14-16,19,21H,2-5,7,12-13H2,1H3,(H,22,23);6,8,11-16,19,21H,2-5,7,9-10H2,1H3,(H,22,23)/b10-6-,16-15+;9-6-,15-14+;8-6-,16-15+. The van der Waals surface area contributed by atoms with Gasteiger partial charge in [0.15, 0.2) is 0 Å². The maximum absolute atomic E-state index is 10.5. The molecule has 0 saturated heterocycles. The Morgan fingerprint density at radius 2 is 0.754 bits per heavy atom. The highest BCUT2D eigenvalue weighted by Gasteiger charge is 2.03. The summed E-state index contributed by atoms with van der Waals surface area (Å²) >= 11 is 0. The molecule has 0 aromatic heterocycles. The summed E-state index contributed by atoms with van der Waals surface area (Å²) in [6.45, 7) is 6.47. The smallest absolute Gasteiger partial charge is 0.303 e. The molecule has 9 nitrogen and oxygen atoms in total. The number of aliphatic carboxylic acids is 3. The lowest BCUT2D eigenvalue weighted by Gasteiger charge is -2.05. The Morgan fingerprint density at radius 3 is 1.17 bits per heavy atom. The summed E-state index contributed by atoms with van der Waals surface area (Å²) in [6.07, 6.45) is 39.8. The fourth-order valence-corrected chi connectivity index (χ4v) is 6.82. The number of hydrogen-bond acceptors (Lipinski definition) is 6. The third kappa shape index (κ3) is 36.1. The van der Waals surface area contributed by atoms with Crippen molar-refractivity contribution < 1.29 is 45.0 Å². The number of aliphatic hydroxyl groups excluding tert-OH is 3. The number of allylic oxidation sites excluding steroid dienone is 3. The van der Waals surface area contributed by atoms with Crippen molar-refractivity contribution in [1.82, 2.24) is 0 Å². The first-order valence-corrected chi connectivity index (χ1v) is 25.4. The molecule has 3 unspecified atom stereocenters. The van der Waals surface area contributed by atoms with Gasteiger partial charge in [0.05, 0.1) is 18.3 Å². The molecule has 0 amide bonds. The fraction of sp³-hybridized carbons (Fsp3) is 0.450. The Labute approximate surface area is 414 Å². The fourth-order valence-electron chi connectivity index (χ4n) is 6.82. The van der Waals surface area contributed by atoms with Crippen LogP contribution in [-0.4, -0.2) is 66.9 Å². The number of aliphatic hydroxyl groups is 3. The van der Waals surface area contributed by atoms with E-state index in [1.165, 1.54) is 12.8 Å². The van der Waals surface area contributed by atoms with Crippen LogP contribution in [-0.2, 0) is 14.4 Å². The molecule has 69 heavy (non-hydrogen) atoms. The van der Waals surface area contributed by atoms with Gasteiger partial charge in [-0.2, -0.15) is 0 Å². The van der Waals surface area contributed by atoms with Crippen molar-refractivity contribution in [3.8, 4) is 0 Å². The Morgan fingerprint density at radius 1 is 0.406 bits per heavy atom. The average Bonchev–Trinajstić information content (AvgIpc) is 3.33. The van der Waals surface area contributed by atoms with E-state index in [1.54, 1.807) is 0 Å². The van der Waals surface area contributed by atoms with E-state index in [-0.39, 0.29) is 31.5 Å². The van der Waals surface area contributed by atoms with Gasteiger partial charge in [0, 0.05) is 19.3 Å². The molecule has 3 aromatic carbocycles. The monoisotopic (exact) mass is 949 g/mol. The molecule has 6 N–H and O–H groups in total. The lowest BCUT2D eigenvalue weighted by atomic mass is 10.0. The largest absolute Gasteiger partial charge is 0.481 e. The van der Waals surface area contributed by atoms with Gasteiger partial charge in [0.25, 0.3) is 0 Å². The lowest BCUT2D eigenvalue weighted by molar-refractivity contribution is -0.138. The molecular weight excluding hydrogens is 865 g/mol. The van der Waals surface area contributed by atoms with Gasteiger partial charge in [-0.3, -0.25) is 14.4 Å². The number of carbonyl (C=O) groups is 3. The summed E-state index contributed by atoms with van der Waals surface area (Å²) in [4.78, 5) is 31.3. The zero-order valence-corrected chi connectivity index (χ0v) is 41.8. The zero-order valence-electron chi connectivity index (χ0n) is 41.8. The van der Waals surface area contributed by atoms with E-state index in [0.29, 0.717) is 19.3 Å². The van der Waals surface area contributed by atoms with Gasteiger partial charge in [-0.05, 0) is 97.2 Å². The third-order valence-electron chi connectivity index (χ3n) is 10.9.